The van der Waals surface area contributed by atoms with E-state index in [4.69, 9.17) is 0 Å². The molecule has 0 heterocycles. The minimum atomic E-state index is -0.0257. The molecule has 20 heavy (non-hydrogen) atoms. The van der Waals surface area contributed by atoms with Gasteiger partial charge in [0, 0.05) is 12.0 Å². The van der Waals surface area contributed by atoms with Crippen LogP contribution in [0, 0.1) is 18.7 Å². The average molecular weight is 275 g/mol. The lowest BCUT2D eigenvalue weighted by atomic mass is 9.75. The first-order valence-electron chi connectivity index (χ1n) is 7.82. The Balaban J connectivity index is 2.31. The van der Waals surface area contributed by atoms with Gasteiger partial charge in [-0.1, -0.05) is 25.5 Å². The van der Waals surface area contributed by atoms with Gasteiger partial charge in [-0.05, 0) is 68.9 Å². The van der Waals surface area contributed by atoms with E-state index in [1.165, 1.54) is 12.8 Å². The van der Waals surface area contributed by atoms with Crippen LogP contribution in [0.1, 0.15) is 57.1 Å². The second-order valence-corrected chi connectivity index (χ2v) is 6.20. The second-order valence-electron chi connectivity index (χ2n) is 6.20. The molecule has 1 aromatic carbocycles. The molecule has 1 aliphatic carbocycles. The van der Waals surface area contributed by atoms with E-state index >= 15 is 0 Å². The topological polar surface area (TPSA) is 12.4 Å². The van der Waals surface area contributed by atoms with E-state index in [0.29, 0.717) is 0 Å². The predicted molar refractivity (Wildman–Crippen MR) is 84.1 cm³/mol. The molecule has 2 atom stereocenters. The van der Waals surface area contributed by atoms with Crippen LogP contribution in [0.25, 0.3) is 0 Å². The quantitative estimate of drug-likeness (QED) is 0.666. The monoisotopic (exact) mass is 275 g/mol. The first-order chi connectivity index (χ1) is 9.61. The number of halogens is 1. The van der Waals surface area contributed by atoms with Crippen molar-refractivity contribution in [1.29, 1.82) is 0 Å². The number of rotatable bonds is 5. The van der Waals surface area contributed by atoms with Crippen LogP contribution >= 0.6 is 0 Å². The molecule has 1 fully saturated rings. The molecule has 1 aromatic rings. The minimum absolute atomic E-state index is 0.00493. The Bertz CT molecular complexity index is 480. The van der Waals surface area contributed by atoms with Gasteiger partial charge in [0.25, 0.3) is 0 Å². The molecule has 1 aliphatic rings. The fourth-order valence-corrected chi connectivity index (χ4v) is 3.65. The maximum atomic E-state index is 14.4. The van der Waals surface area contributed by atoms with Gasteiger partial charge in [0.2, 0.25) is 0 Å². The molecule has 0 saturated heterocycles. The van der Waals surface area contributed by atoms with Crippen LogP contribution in [0.5, 0.6) is 0 Å². The maximum absolute atomic E-state index is 14.4. The Morgan fingerprint density at radius 3 is 2.85 bits per heavy atom. The van der Waals surface area contributed by atoms with Gasteiger partial charge in [0.1, 0.15) is 5.82 Å². The number of benzene rings is 1. The summed E-state index contributed by atoms with van der Waals surface area (Å²) in [5.74, 6) is 0.712. The van der Waals surface area contributed by atoms with Crippen molar-refractivity contribution in [3.8, 4) is 0 Å². The summed E-state index contributed by atoms with van der Waals surface area (Å²) in [5.41, 5.74) is 1.92. The highest BCUT2D eigenvalue weighted by Crippen LogP contribution is 2.48. The number of hydrogen-bond acceptors (Lipinski definition) is 1. The fraction of sp³-hybridized carbons (Fsp3) is 0.611. The molecular weight excluding hydrogens is 249 g/mol. The molecule has 2 heteroatoms. The van der Waals surface area contributed by atoms with Crippen LogP contribution in [0.2, 0.25) is 0 Å². The molecule has 2 rings (SSSR count). The van der Waals surface area contributed by atoms with Gasteiger partial charge in [-0.2, -0.15) is 0 Å². The summed E-state index contributed by atoms with van der Waals surface area (Å²) in [6.07, 6.45) is 7.46. The van der Waals surface area contributed by atoms with E-state index < -0.39 is 0 Å². The van der Waals surface area contributed by atoms with Gasteiger partial charge >= 0.3 is 0 Å². The zero-order valence-corrected chi connectivity index (χ0v) is 13.0. The van der Waals surface area contributed by atoms with Crippen molar-refractivity contribution < 1.29 is 4.39 Å². The van der Waals surface area contributed by atoms with E-state index in [1.54, 1.807) is 6.07 Å². The van der Waals surface area contributed by atoms with Gasteiger partial charge in [0.05, 0.1) is 0 Å². The van der Waals surface area contributed by atoms with Crippen LogP contribution in [-0.4, -0.2) is 12.8 Å². The molecule has 0 aromatic heterocycles. The molecule has 110 valence electrons. The SMILES string of the molecule is CC=NCCC1(c2ccc(C)cc2F)CCC(CC)C1. The summed E-state index contributed by atoms with van der Waals surface area (Å²) < 4.78 is 14.4. The highest BCUT2D eigenvalue weighted by Gasteiger charge is 2.40. The van der Waals surface area contributed by atoms with Crippen LogP contribution in [0.3, 0.4) is 0 Å². The van der Waals surface area contributed by atoms with Crippen LogP contribution in [0.15, 0.2) is 23.2 Å². The summed E-state index contributed by atoms with van der Waals surface area (Å²) in [5, 5.41) is 0. The van der Waals surface area contributed by atoms with Gasteiger partial charge in [-0.25, -0.2) is 4.39 Å². The second kappa shape index (κ2) is 6.51. The smallest absolute Gasteiger partial charge is 0.127 e. The Hall–Kier alpha value is -1.18. The third-order valence-corrected chi connectivity index (χ3v) is 4.89. The Kier molecular flexibility index (Phi) is 4.95. The number of aryl methyl sites for hydroxylation is 1. The summed E-state index contributed by atoms with van der Waals surface area (Å²) in [4.78, 5) is 4.36. The van der Waals surface area contributed by atoms with Crippen molar-refractivity contribution >= 4 is 6.21 Å². The molecule has 1 saturated carbocycles. The zero-order chi connectivity index (χ0) is 14.6. The fourth-order valence-electron chi connectivity index (χ4n) is 3.65. The Labute approximate surface area is 122 Å². The largest absolute Gasteiger partial charge is 0.298 e. The summed E-state index contributed by atoms with van der Waals surface area (Å²) in [6.45, 7) is 6.95. The highest BCUT2D eigenvalue weighted by molar-refractivity contribution is 5.53. The first-order valence-corrected chi connectivity index (χ1v) is 7.82. The Morgan fingerprint density at radius 2 is 2.25 bits per heavy atom. The lowest BCUT2D eigenvalue weighted by molar-refractivity contribution is 0.371. The molecule has 0 amide bonds. The summed E-state index contributed by atoms with van der Waals surface area (Å²) in [7, 11) is 0. The van der Waals surface area contributed by atoms with E-state index in [9.17, 15) is 4.39 Å². The van der Waals surface area contributed by atoms with E-state index in [0.717, 1.165) is 42.9 Å². The third-order valence-electron chi connectivity index (χ3n) is 4.89. The molecule has 0 bridgehead atoms. The lowest BCUT2D eigenvalue weighted by Crippen LogP contribution is -2.25. The van der Waals surface area contributed by atoms with Crippen molar-refractivity contribution in [1.82, 2.24) is 0 Å². The molecular formula is C18H26FN. The first kappa shape index (κ1) is 15.2. The highest BCUT2D eigenvalue weighted by atomic mass is 19.1. The van der Waals surface area contributed by atoms with Crippen molar-refractivity contribution in [2.45, 2.75) is 58.3 Å². The van der Waals surface area contributed by atoms with E-state index in [-0.39, 0.29) is 11.2 Å². The van der Waals surface area contributed by atoms with Crippen molar-refractivity contribution in [2.75, 3.05) is 6.54 Å². The number of nitrogens with zero attached hydrogens (tertiary/aromatic N) is 1. The van der Waals surface area contributed by atoms with E-state index in [2.05, 4.69) is 11.9 Å². The molecule has 2 unspecified atom stereocenters. The van der Waals surface area contributed by atoms with Gasteiger partial charge in [0.15, 0.2) is 0 Å². The number of hydrogen-bond donors (Lipinski definition) is 0. The maximum Gasteiger partial charge on any atom is 0.127 e. The normalized spacial score (nSPS) is 26.5. The zero-order valence-electron chi connectivity index (χ0n) is 13.0. The molecule has 1 nitrogen and oxygen atoms in total. The molecule has 0 N–H and O–H groups in total. The standard InChI is InChI=1S/C18H26FN/c1-4-15-8-9-18(13-15,10-11-20-5-2)16-7-6-14(3)12-17(16)19/h5-7,12,15H,4,8-11,13H2,1-3H3. The average Bonchev–Trinajstić information content (AvgIpc) is 2.83. The Morgan fingerprint density at radius 1 is 1.45 bits per heavy atom. The van der Waals surface area contributed by atoms with Crippen LogP contribution < -0.4 is 0 Å². The molecule has 0 aliphatic heterocycles. The summed E-state index contributed by atoms with van der Waals surface area (Å²) in [6, 6.07) is 5.74. The van der Waals surface area contributed by atoms with Crippen molar-refractivity contribution in [3.05, 3.63) is 35.1 Å². The third kappa shape index (κ3) is 3.11. The summed E-state index contributed by atoms with van der Waals surface area (Å²) >= 11 is 0. The van der Waals surface area contributed by atoms with Crippen molar-refractivity contribution in [3.63, 3.8) is 0 Å². The van der Waals surface area contributed by atoms with Crippen molar-refractivity contribution in [2.24, 2.45) is 10.9 Å². The lowest BCUT2D eigenvalue weighted by Gasteiger charge is -2.30. The minimum Gasteiger partial charge on any atom is -0.298 e. The van der Waals surface area contributed by atoms with Crippen LogP contribution in [0.4, 0.5) is 4.39 Å². The van der Waals surface area contributed by atoms with E-state index in [1.807, 2.05) is 32.2 Å². The van der Waals surface area contributed by atoms with Crippen LogP contribution in [-0.2, 0) is 5.41 Å². The number of aliphatic imine (C=N–C) groups is 1. The predicted octanol–water partition coefficient (Wildman–Crippen LogP) is 5.06. The molecule has 0 spiro atoms. The van der Waals surface area contributed by atoms with Gasteiger partial charge in [-0.15, -0.1) is 0 Å². The van der Waals surface area contributed by atoms with Gasteiger partial charge in [-0.3, -0.25) is 4.99 Å². The van der Waals surface area contributed by atoms with Gasteiger partial charge < -0.3 is 0 Å². The molecule has 0 radical (unpaired) electrons.